The Labute approximate surface area is 128 Å². The van der Waals surface area contributed by atoms with Gasteiger partial charge in [-0.15, -0.1) is 0 Å². The van der Waals surface area contributed by atoms with Crippen LogP contribution >= 0.6 is 11.6 Å². The van der Waals surface area contributed by atoms with E-state index in [1.54, 1.807) is 0 Å². The summed E-state index contributed by atoms with van der Waals surface area (Å²) in [4.78, 5) is 16.3. The predicted octanol–water partition coefficient (Wildman–Crippen LogP) is 3.88. The van der Waals surface area contributed by atoms with Crippen LogP contribution in [0.5, 0.6) is 5.75 Å². The van der Waals surface area contributed by atoms with Crippen LogP contribution in [0.2, 0.25) is 5.15 Å². The number of carbonyl (C=O) groups excluding carboxylic acids is 1. The van der Waals surface area contributed by atoms with E-state index < -0.39 is 0 Å². The lowest BCUT2D eigenvalue weighted by molar-refractivity contribution is -0.117. The molecule has 0 saturated carbocycles. The van der Waals surface area contributed by atoms with Crippen molar-refractivity contribution in [3.05, 3.63) is 52.7 Å². The van der Waals surface area contributed by atoms with Crippen LogP contribution < -0.4 is 5.32 Å². The molecule has 1 amide bonds. The fourth-order valence-corrected chi connectivity index (χ4v) is 2.33. The third-order valence-corrected chi connectivity index (χ3v) is 3.46. The second kappa shape index (κ2) is 6.59. The van der Waals surface area contributed by atoms with Crippen molar-refractivity contribution in [1.29, 1.82) is 0 Å². The van der Waals surface area contributed by atoms with Crippen LogP contribution in [0.3, 0.4) is 0 Å². The van der Waals surface area contributed by atoms with Crippen LogP contribution in [-0.4, -0.2) is 16.0 Å². The molecule has 0 radical (unpaired) electrons. The minimum atomic E-state index is -0.301. The largest absolute Gasteiger partial charge is 0.504 e. The van der Waals surface area contributed by atoms with Gasteiger partial charge in [0, 0.05) is 0 Å². The molecule has 0 fully saturated rings. The lowest BCUT2D eigenvalue weighted by Gasteiger charge is -2.16. The molecule has 1 aromatic heterocycles. The monoisotopic (exact) mass is 304 g/mol. The molecule has 0 aliphatic rings. The van der Waals surface area contributed by atoms with Crippen LogP contribution in [0, 0.1) is 6.92 Å². The quantitative estimate of drug-likeness (QED) is 0.843. The Balaban J connectivity index is 2.23. The molecule has 1 atom stereocenters. The maximum absolute atomic E-state index is 12.4. The minimum absolute atomic E-state index is 0.0820. The lowest BCUT2D eigenvalue weighted by atomic mass is 9.94. The van der Waals surface area contributed by atoms with Crippen LogP contribution in [0.25, 0.3) is 0 Å². The van der Waals surface area contributed by atoms with E-state index in [1.165, 1.54) is 12.1 Å². The van der Waals surface area contributed by atoms with Gasteiger partial charge in [0.15, 0.2) is 11.6 Å². The number of aromatic hydroxyl groups is 1. The number of hydrogen-bond donors (Lipinski definition) is 2. The standard InChI is InChI=1S/C16H17ClN2O2/c1-3-12(11-6-4-5-10(2)9-11)16(21)19-15-13(20)7-8-14(17)18-15/h4-9,12,20H,3H2,1-2H3,(H,18,19,21). The number of pyridine rings is 1. The maximum atomic E-state index is 12.4. The molecule has 5 heteroatoms. The van der Waals surface area contributed by atoms with Gasteiger partial charge in [0.25, 0.3) is 0 Å². The average Bonchev–Trinajstić information content (AvgIpc) is 2.44. The molecule has 0 aliphatic heterocycles. The summed E-state index contributed by atoms with van der Waals surface area (Å²) in [6.45, 7) is 3.93. The number of nitrogens with zero attached hydrogens (tertiary/aromatic N) is 1. The summed E-state index contributed by atoms with van der Waals surface area (Å²) in [7, 11) is 0. The Morgan fingerprint density at radius 1 is 1.38 bits per heavy atom. The van der Waals surface area contributed by atoms with E-state index in [0.29, 0.717) is 6.42 Å². The number of anilines is 1. The first-order valence-corrected chi connectivity index (χ1v) is 7.12. The SMILES string of the molecule is CCC(C(=O)Nc1nc(Cl)ccc1O)c1cccc(C)c1. The molecule has 0 bridgehead atoms. The summed E-state index contributed by atoms with van der Waals surface area (Å²) >= 11 is 5.78. The topological polar surface area (TPSA) is 62.2 Å². The van der Waals surface area contributed by atoms with Gasteiger partial charge < -0.3 is 10.4 Å². The van der Waals surface area contributed by atoms with Crippen molar-refractivity contribution in [2.45, 2.75) is 26.2 Å². The van der Waals surface area contributed by atoms with Crippen LogP contribution in [0.1, 0.15) is 30.4 Å². The van der Waals surface area contributed by atoms with E-state index in [0.717, 1.165) is 11.1 Å². The van der Waals surface area contributed by atoms with Gasteiger partial charge in [-0.05, 0) is 31.0 Å². The van der Waals surface area contributed by atoms with Crippen molar-refractivity contribution in [1.82, 2.24) is 4.98 Å². The fourth-order valence-electron chi connectivity index (χ4n) is 2.18. The van der Waals surface area contributed by atoms with Gasteiger partial charge in [-0.3, -0.25) is 4.79 Å². The average molecular weight is 305 g/mol. The summed E-state index contributed by atoms with van der Waals surface area (Å²) in [5.74, 6) is -0.538. The van der Waals surface area contributed by atoms with Gasteiger partial charge in [0.05, 0.1) is 5.92 Å². The highest BCUT2D eigenvalue weighted by Crippen LogP contribution is 2.26. The van der Waals surface area contributed by atoms with Gasteiger partial charge in [-0.25, -0.2) is 4.98 Å². The Morgan fingerprint density at radius 2 is 2.14 bits per heavy atom. The van der Waals surface area contributed by atoms with E-state index in [1.807, 2.05) is 38.1 Å². The normalized spacial score (nSPS) is 12.0. The lowest BCUT2D eigenvalue weighted by Crippen LogP contribution is -2.21. The molecule has 4 nitrogen and oxygen atoms in total. The second-order valence-corrected chi connectivity index (χ2v) is 5.25. The number of hydrogen-bond acceptors (Lipinski definition) is 3. The molecule has 110 valence electrons. The van der Waals surface area contributed by atoms with E-state index in [9.17, 15) is 9.90 Å². The molecule has 2 aromatic rings. The van der Waals surface area contributed by atoms with Gasteiger partial charge in [0.2, 0.25) is 5.91 Å². The van der Waals surface area contributed by atoms with Gasteiger partial charge in [-0.1, -0.05) is 48.4 Å². The molecular formula is C16H17ClN2O2. The molecule has 1 unspecified atom stereocenters. The minimum Gasteiger partial charge on any atom is -0.504 e. The zero-order chi connectivity index (χ0) is 15.4. The number of carbonyl (C=O) groups is 1. The van der Waals surface area contributed by atoms with E-state index >= 15 is 0 Å². The first kappa shape index (κ1) is 15.3. The number of amides is 1. The Morgan fingerprint density at radius 3 is 2.81 bits per heavy atom. The highest BCUT2D eigenvalue weighted by molar-refractivity contribution is 6.29. The van der Waals surface area contributed by atoms with Gasteiger partial charge in [-0.2, -0.15) is 0 Å². The highest BCUT2D eigenvalue weighted by atomic mass is 35.5. The second-order valence-electron chi connectivity index (χ2n) is 4.87. The number of halogens is 1. The number of rotatable bonds is 4. The van der Waals surface area contributed by atoms with Crippen molar-refractivity contribution in [3.8, 4) is 5.75 Å². The third kappa shape index (κ3) is 3.73. The smallest absolute Gasteiger partial charge is 0.233 e. The summed E-state index contributed by atoms with van der Waals surface area (Å²) < 4.78 is 0. The third-order valence-electron chi connectivity index (χ3n) is 3.25. The van der Waals surface area contributed by atoms with Crippen molar-refractivity contribution >= 4 is 23.3 Å². The first-order valence-electron chi connectivity index (χ1n) is 6.74. The maximum Gasteiger partial charge on any atom is 0.233 e. The number of nitrogens with one attached hydrogen (secondary N) is 1. The van der Waals surface area contributed by atoms with E-state index in [2.05, 4.69) is 10.3 Å². The Kier molecular flexibility index (Phi) is 4.81. The molecular weight excluding hydrogens is 288 g/mol. The Bertz CT molecular complexity index is 658. The summed E-state index contributed by atoms with van der Waals surface area (Å²) in [5.41, 5.74) is 2.04. The number of benzene rings is 1. The Hall–Kier alpha value is -2.07. The van der Waals surface area contributed by atoms with Crippen molar-refractivity contribution in [3.63, 3.8) is 0 Å². The fraction of sp³-hybridized carbons (Fsp3) is 0.250. The van der Waals surface area contributed by atoms with E-state index in [-0.39, 0.29) is 28.5 Å². The number of aromatic nitrogens is 1. The van der Waals surface area contributed by atoms with Crippen molar-refractivity contribution < 1.29 is 9.90 Å². The zero-order valence-electron chi connectivity index (χ0n) is 11.9. The van der Waals surface area contributed by atoms with Crippen molar-refractivity contribution in [2.24, 2.45) is 0 Å². The highest BCUT2D eigenvalue weighted by Gasteiger charge is 2.20. The molecule has 0 spiro atoms. The summed E-state index contributed by atoms with van der Waals surface area (Å²) in [5, 5.41) is 12.6. The summed E-state index contributed by atoms with van der Waals surface area (Å²) in [6, 6.07) is 10.7. The van der Waals surface area contributed by atoms with Crippen LogP contribution in [0.4, 0.5) is 5.82 Å². The van der Waals surface area contributed by atoms with Crippen LogP contribution in [0.15, 0.2) is 36.4 Å². The molecule has 0 saturated heterocycles. The van der Waals surface area contributed by atoms with Gasteiger partial charge in [0.1, 0.15) is 5.15 Å². The van der Waals surface area contributed by atoms with Crippen molar-refractivity contribution in [2.75, 3.05) is 5.32 Å². The molecule has 0 aliphatic carbocycles. The zero-order valence-corrected chi connectivity index (χ0v) is 12.7. The number of aryl methyl sites for hydroxylation is 1. The summed E-state index contributed by atoms with van der Waals surface area (Å²) in [6.07, 6.45) is 0.649. The molecule has 2 rings (SSSR count). The molecule has 21 heavy (non-hydrogen) atoms. The predicted molar refractivity (Wildman–Crippen MR) is 83.8 cm³/mol. The van der Waals surface area contributed by atoms with Crippen LogP contribution in [-0.2, 0) is 4.79 Å². The van der Waals surface area contributed by atoms with Gasteiger partial charge >= 0.3 is 0 Å². The first-order chi connectivity index (χ1) is 10.0. The molecule has 1 aromatic carbocycles. The molecule has 1 heterocycles. The molecule has 2 N–H and O–H groups in total. The van der Waals surface area contributed by atoms with E-state index in [4.69, 9.17) is 11.6 Å².